The minimum absolute atomic E-state index is 0.154. The lowest BCUT2D eigenvalue weighted by Gasteiger charge is -2.27. The monoisotopic (exact) mass is 286 g/mol. The Kier molecular flexibility index (Phi) is 4.67. The molecule has 2 rings (SSSR count). The quantitative estimate of drug-likeness (QED) is 0.764. The second kappa shape index (κ2) is 6.30. The van der Waals surface area contributed by atoms with E-state index in [0.29, 0.717) is 12.1 Å². The van der Waals surface area contributed by atoms with Crippen LogP contribution in [0.5, 0.6) is 5.75 Å². The summed E-state index contributed by atoms with van der Waals surface area (Å²) in [4.78, 5) is 4.82. The van der Waals surface area contributed by atoms with Gasteiger partial charge in [0.1, 0.15) is 5.75 Å². The van der Waals surface area contributed by atoms with Crippen LogP contribution in [0.4, 0.5) is 11.4 Å². The summed E-state index contributed by atoms with van der Waals surface area (Å²) in [5, 5.41) is 0. The first-order valence-electron chi connectivity index (χ1n) is 7.78. The van der Waals surface area contributed by atoms with Crippen molar-refractivity contribution in [3.8, 4) is 18.1 Å². The first kappa shape index (κ1) is 15.6. The smallest absolute Gasteiger partial charge is 0.158 e. The number of terminal acetylenes is 1. The van der Waals surface area contributed by atoms with Crippen molar-refractivity contribution in [3.05, 3.63) is 18.2 Å². The fourth-order valence-corrected chi connectivity index (χ4v) is 2.65. The van der Waals surface area contributed by atoms with Gasteiger partial charge in [0, 0.05) is 18.2 Å². The fourth-order valence-electron chi connectivity index (χ4n) is 2.65. The van der Waals surface area contributed by atoms with Gasteiger partial charge >= 0.3 is 0 Å². The topological polar surface area (TPSA) is 15.7 Å². The van der Waals surface area contributed by atoms with Crippen LogP contribution in [-0.4, -0.2) is 24.9 Å². The third-order valence-electron chi connectivity index (χ3n) is 3.95. The van der Waals surface area contributed by atoms with Crippen LogP contribution in [0.3, 0.4) is 0 Å². The van der Waals surface area contributed by atoms with E-state index < -0.39 is 0 Å². The molecule has 1 aromatic rings. The molecule has 1 unspecified atom stereocenters. The molecule has 1 heterocycles. The minimum atomic E-state index is -0.154. The van der Waals surface area contributed by atoms with Gasteiger partial charge in [-0.1, -0.05) is 12.8 Å². The summed E-state index contributed by atoms with van der Waals surface area (Å²) in [6, 6.07) is 7.23. The van der Waals surface area contributed by atoms with Gasteiger partial charge in [-0.2, -0.15) is 0 Å². The van der Waals surface area contributed by atoms with Crippen LogP contribution in [0.15, 0.2) is 18.2 Å². The molecule has 3 nitrogen and oxygen atoms in total. The molecule has 0 saturated carbocycles. The molecule has 0 fully saturated rings. The van der Waals surface area contributed by atoms with Crippen molar-refractivity contribution < 1.29 is 4.74 Å². The molecule has 0 aromatic heterocycles. The molecule has 0 amide bonds. The predicted octanol–water partition coefficient (Wildman–Crippen LogP) is 3.88. The molecule has 1 aromatic carbocycles. The van der Waals surface area contributed by atoms with E-state index in [2.05, 4.69) is 55.5 Å². The highest BCUT2D eigenvalue weighted by molar-refractivity contribution is 5.78. The Hall–Kier alpha value is -1.82. The average Bonchev–Trinajstić information content (AvgIpc) is 2.83. The van der Waals surface area contributed by atoms with E-state index in [1.54, 1.807) is 0 Å². The van der Waals surface area contributed by atoms with Gasteiger partial charge in [0.05, 0.1) is 18.0 Å². The van der Waals surface area contributed by atoms with Gasteiger partial charge in [0.15, 0.2) is 6.10 Å². The largest absolute Gasteiger partial charge is 0.478 e. The van der Waals surface area contributed by atoms with Crippen molar-refractivity contribution >= 4 is 11.4 Å². The maximum atomic E-state index is 5.88. The van der Waals surface area contributed by atoms with Crippen molar-refractivity contribution in [2.45, 2.75) is 59.2 Å². The molecule has 1 atom stereocenters. The summed E-state index contributed by atoms with van der Waals surface area (Å²) in [7, 11) is 0. The van der Waals surface area contributed by atoms with Crippen LogP contribution in [0.2, 0.25) is 0 Å². The average molecular weight is 286 g/mol. The number of rotatable bonds is 5. The summed E-state index contributed by atoms with van der Waals surface area (Å²) in [5.74, 6) is 3.54. The molecule has 114 valence electrons. The number of hydrogen-bond acceptors (Lipinski definition) is 3. The van der Waals surface area contributed by atoms with Crippen molar-refractivity contribution in [1.82, 2.24) is 0 Å². The van der Waals surface area contributed by atoms with E-state index in [1.165, 1.54) is 11.4 Å². The number of anilines is 2. The lowest BCUT2D eigenvalue weighted by molar-refractivity contribution is 0.254. The van der Waals surface area contributed by atoms with Crippen LogP contribution < -0.4 is 14.5 Å². The van der Waals surface area contributed by atoms with Gasteiger partial charge in [-0.25, -0.2) is 0 Å². The Labute approximate surface area is 128 Å². The normalized spacial score (nSPS) is 15.3. The van der Waals surface area contributed by atoms with Crippen LogP contribution in [0.25, 0.3) is 0 Å². The summed E-state index contributed by atoms with van der Waals surface area (Å²) >= 11 is 0. The predicted molar refractivity (Wildman–Crippen MR) is 90.1 cm³/mol. The molecule has 0 spiro atoms. The molecule has 1 aliphatic rings. The summed E-state index contributed by atoms with van der Waals surface area (Å²) in [6.45, 7) is 11.9. The zero-order valence-corrected chi connectivity index (χ0v) is 13.8. The molecule has 21 heavy (non-hydrogen) atoms. The van der Waals surface area contributed by atoms with Gasteiger partial charge in [0.2, 0.25) is 0 Å². The van der Waals surface area contributed by atoms with Gasteiger partial charge < -0.3 is 14.5 Å². The van der Waals surface area contributed by atoms with Crippen molar-refractivity contribution in [2.75, 3.05) is 16.5 Å². The standard InChI is InChI=1S/C18H26N2O/c1-7-15(8-2)21-16-9-10-17-18(11-16)20(14(5)6)12-19(17)13(3)4/h1,9-11,13-15H,8,12H2,2-6H3. The Morgan fingerprint density at radius 3 is 2.29 bits per heavy atom. The number of ether oxygens (including phenoxy) is 1. The third kappa shape index (κ3) is 3.10. The lowest BCUT2D eigenvalue weighted by atomic mass is 10.2. The highest BCUT2D eigenvalue weighted by Gasteiger charge is 2.29. The molecule has 0 saturated heterocycles. The molecule has 0 N–H and O–H groups in total. The van der Waals surface area contributed by atoms with E-state index in [4.69, 9.17) is 11.2 Å². The minimum Gasteiger partial charge on any atom is -0.478 e. The van der Waals surface area contributed by atoms with E-state index in [1.807, 2.05) is 13.0 Å². The highest BCUT2D eigenvalue weighted by Crippen LogP contribution is 2.40. The molecule has 0 aliphatic carbocycles. The van der Waals surface area contributed by atoms with E-state index >= 15 is 0 Å². The fraction of sp³-hybridized carbons (Fsp3) is 0.556. The molecule has 0 bridgehead atoms. The maximum Gasteiger partial charge on any atom is 0.158 e. The van der Waals surface area contributed by atoms with Crippen molar-refractivity contribution in [3.63, 3.8) is 0 Å². The third-order valence-corrected chi connectivity index (χ3v) is 3.95. The zero-order valence-electron chi connectivity index (χ0n) is 13.8. The van der Waals surface area contributed by atoms with Gasteiger partial charge in [-0.15, -0.1) is 6.42 Å². The Balaban J connectivity index is 2.33. The Morgan fingerprint density at radius 2 is 1.76 bits per heavy atom. The summed E-state index contributed by atoms with van der Waals surface area (Å²) in [5.41, 5.74) is 2.52. The van der Waals surface area contributed by atoms with Crippen LogP contribution >= 0.6 is 0 Å². The number of benzene rings is 1. The van der Waals surface area contributed by atoms with Gasteiger partial charge in [-0.3, -0.25) is 0 Å². The van der Waals surface area contributed by atoms with E-state index in [-0.39, 0.29) is 6.10 Å². The maximum absolute atomic E-state index is 5.88. The first-order valence-corrected chi connectivity index (χ1v) is 7.78. The summed E-state index contributed by atoms with van der Waals surface area (Å²) < 4.78 is 5.88. The van der Waals surface area contributed by atoms with Gasteiger partial charge in [0.25, 0.3) is 0 Å². The number of nitrogens with zero attached hydrogens (tertiary/aromatic N) is 2. The second-order valence-electron chi connectivity index (χ2n) is 6.10. The van der Waals surface area contributed by atoms with Crippen LogP contribution in [0.1, 0.15) is 41.0 Å². The van der Waals surface area contributed by atoms with E-state index in [0.717, 1.165) is 18.8 Å². The molecule has 0 radical (unpaired) electrons. The lowest BCUT2D eigenvalue weighted by Crippen LogP contribution is -2.38. The van der Waals surface area contributed by atoms with Crippen molar-refractivity contribution in [2.24, 2.45) is 0 Å². The van der Waals surface area contributed by atoms with Crippen molar-refractivity contribution in [1.29, 1.82) is 0 Å². The molecular formula is C18H26N2O. The zero-order chi connectivity index (χ0) is 15.6. The highest BCUT2D eigenvalue weighted by atomic mass is 16.5. The van der Waals surface area contributed by atoms with Crippen LogP contribution in [0, 0.1) is 12.3 Å². The Bertz CT molecular complexity index is 531. The second-order valence-corrected chi connectivity index (χ2v) is 6.10. The molecule has 1 aliphatic heterocycles. The number of hydrogen-bond donors (Lipinski definition) is 0. The SMILES string of the molecule is C#CC(CC)Oc1ccc2c(c1)N(C(C)C)CN2C(C)C. The van der Waals surface area contributed by atoms with E-state index in [9.17, 15) is 0 Å². The Morgan fingerprint density at radius 1 is 1.14 bits per heavy atom. The first-order chi connectivity index (χ1) is 9.97. The van der Waals surface area contributed by atoms with Gasteiger partial charge in [-0.05, 0) is 46.2 Å². The molecule has 3 heteroatoms. The number of fused-ring (bicyclic) bond motifs is 1. The molecular weight excluding hydrogens is 260 g/mol. The van der Waals surface area contributed by atoms with Crippen LogP contribution in [-0.2, 0) is 0 Å². The summed E-state index contributed by atoms with van der Waals surface area (Å²) in [6.07, 6.45) is 6.15.